The fourth-order valence-electron chi connectivity index (χ4n) is 1.94. The number of aryl methyl sites for hydroxylation is 1. The van der Waals surface area contributed by atoms with Crippen molar-refractivity contribution in [3.63, 3.8) is 0 Å². The average molecular weight is 356 g/mol. The monoisotopic (exact) mass is 356 g/mol. The van der Waals surface area contributed by atoms with E-state index in [1.807, 2.05) is 37.3 Å². The maximum Gasteiger partial charge on any atom is 0.258 e. The first-order chi connectivity index (χ1) is 11.5. The molecule has 3 rings (SSSR count). The highest BCUT2D eigenvalue weighted by Gasteiger charge is 2.22. The number of aromatic hydroxyl groups is 1. The number of nitriles is 1. The molecule has 0 atom stereocenters. The van der Waals surface area contributed by atoms with Crippen LogP contribution in [0.25, 0.3) is 6.08 Å². The summed E-state index contributed by atoms with van der Waals surface area (Å²) in [6, 6.07) is 9.46. The molecule has 0 aliphatic carbocycles. The normalized spacial score (nSPS) is 17.0. The average Bonchev–Trinajstić information content (AvgIpc) is 3.06. The minimum absolute atomic E-state index is 0.0266. The van der Waals surface area contributed by atoms with E-state index < -0.39 is 0 Å². The molecule has 1 aliphatic rings. The van der Waals surface area contributed by atoms with Crippen molar-refractivity contribution in [3.8, 4) is 11.9 Å². The zero-order chi connectivity index (χ0) is 17.3. The number of aliphatic imine (C=N–C) groups is 2. The molecule has 24 heavy (non-hydrogen) atoms. The van der Waals surface area contributed by atoms with E-state index in [0.717, 1.165) is 5.56 Å². The molecule has 1 aromatic heterocycles. The van der Waals surface area contributed by atoms with Gasteiger partial charge in [-0.2, -0.15) is 10.3 Å². The maximum atomic E-state index is 9.99. The van der Waals surface area contributed by atoms with Gasteiger partial charge in [-0.25, -0.2) is 4.99 Å². The maximum absolute atomic E-state index is 9.99. The number of hydrogen-bond donors (Lipinski definition) is 1. The van der Waals surface area contributed by atoms with Gasteiger partial charge in [0.15, 0.2) is 3.95 Å². The van der Waals surface area contributed by atoms with E-state index in [9.17, 15) is 10.4 Å². The Bertz CT molecular complexity index is 989. The summed E-state index contributed by atoms with van der Waals surface area (Å²) >= 11 is 6.33. The lowest BCUT2D eigenvalue weighted by molar-refractivity contribution is 0.426. The zero-order valence-electron chi connectivity index (χ0n) is 12.8. The summed E-state index contributed by atoms with van der Waals surface area (Å²) in [4.78, 5) is 8.91. The van der Waals surface area contributed by atoms with Gasteiger partial charge in [0.05, 0.1) is 10.6 Å². The number of nitrogens with zero attached hydrogens (tertiary/aromatic N) is 4. The van der Waals surface area contributed by atoms with E-state index in [4.69, 9.17) is 17.0 Å². The molecule has 0 radical (unpaired) electrons. The standard InChI is InChI=1S/C16H12N4O2S2/c1-9-3-5-10(6-4-9)18-14-11(8-17)19-13(22-14)7-12-15(21)20(2)16(23)24-12/h3-7,21H,1-2H3. The molecular weight excluding hydrogens is 344 g/mol. The molecule has 120 valence electrons. The van der Waals surface area contributed by atoms with Gasteiger partial charge >= 0.3 is 0 Å². The van der Waals surface area contributed by atoms with Crippen LogP contribution in [-0.2, 0) is 11.8 Å². The van der Waals surface area contributed by atoms with Gasteiger partial charge in [0.25, 0.3) is 5.90 Å². The van der Waals surface area contributed by atoms with Crippen molar-refractivity contribution in [1.82, 2.24) is 4.57 Å². The molecule has 6 nitrogen and oxygen atoms in total. The van der Waals surface area contributed by atoms with Crippen LogP contribution in [0.4, 0.5) is 5.69 Å². The predicted molar refractivity (Wildman–Crippen MR) is 96.2 cm³/mol. The largest absolute Gasteiger partial charge is 0.493 e. The molecule has 0 bridgehead atoms. The van der Waals surface area contributed by atoms with Crippen molar-refractivity contribution in [2.24, 2.45) is 17.0 Å². The molecule has 0 saturated carbocycles. The molecule has 2 aromatic rings. The van der Waals surface area contributed by atoms with Gasteiger partial charge in [-0.05, 0) is 31.3 Å². The fraction of sp³-hybridized carbons (Fsp3) is 0.125. The molecule has 0 unspecified atom stereocenters. The molecule has 8 heteroatoms. The van der Waals surface area contributed by atoms with Crippen molar-refractivity contribution in [1.29, 1.82) is 5.26 Å². The highest BCUT2D eigenvalue weighted by molar-refractivity contribution is 7.73. The summed E-state index contributed by atoms with van der Waals surface area (Å²) in [5.41, 5.74) is 1.86. The summed E-state index contributed by atoms with van der Waals surface area (Å²) in [5.74, 6) is 0.343. The molecule has 2 heterocycles. The quantitative estimate of drug-likeness (QED) is 0.829. The van der Waals surface area contributed by atoms with Gasteiger partial charge in [-0.3, -0.25) is 4.57 Å². The Balaban J connectivity index is 1.94. The van der Waals surface area contributed by atoms with Gasteiger partial charge in [0.1, 0.15) is 6.07 Å². The van der Waals surface area contributed by atoms with Crippen LogP contribution in [0, 0.1) is 22.2 Å². The lowest BCUT2D eigenvalue weighted by atomic mass is 10.2. The number of benzene rings is 1. The number of rotatable bonds is 2. The molecule has 0 saturated heterocycles. The lowest BCUT2D eigenvalue weighted by Crippen LogP contribution is -2.07. The third-order valence-electron chi connectivity index (χ3n) is 3.26. The number of ether oxygens (including phenoxy) is 1. The minimum atomic E-state index is 0.0266. The first kappa shape index (κ1) is 16.1. The third kappa shape index (κ3) is 3.13. The first-order valence-corrected chi connectivity index (χ1v) is 8.13. The van der Waals surface area contributed by atoms with Gasteiger partial charge in [-0.1, -0.05) is 17.7 Å². The van der Waals surface area contributed by atoms with Gasteiger partial charge in [-0.15, -0.1) is 11.3 Å². The van der Waals surface area contributed by atoms with Gasteiger partial charge in [0.2, 0.25) is 17.5 Å². The van der Waals surface area contributed by atoms with E-state index in [1.54, 1.807) is 7.05 Å². The number of thiazole rings is 1. The Hall–Kier alpha value is -2.76. The second kappa shape index (κ2) is 6.39. The fourth-order valence-corrected chi connectivity index (χ4v) is 3.10. The molecular formula is C16H12N4O2S2. The van der Waals surface area contributed by atoms with Crippen LogP contribution in [0.15, 0.2) is 40.1 Å². The van der Waals surface area contributed by atoms with Crippen LogP contribution >= 0.6 is 23.6 Å². The number of aromatic nitrogens is 1. The predicted octanol–water partition coefficient (Wildman–Crippen LogP) is 3.85. The third-order valence-corrected chi connectivity index (χ3v) is 4.75. The highest BCUT2D eigenvalue weighted by Crippen LogP contribution is 2.29. The smallest absolute Gasteiger partial charge is 0.258 e. The number of hydrogen-bond acceptors (Lipinski definition) is 7. The van der Waals surface area contributed by atoms with E-state index in [2.05, 4.69) is 9.98 Å². The first-order valence-electron chi connectivity index (χ1n) is 6.91. The summed E-state index contributed by atoms with van der Waals surface area (Å²) in [6.07, 6.45) is 1.53. The van der Waals surface area contributed by atoms with E-state index in [1.165, 1.54) is 22.0 Å². The van der Waals surface area contributed by atoms with Crippen molar-refractivity contribution in [2.45, 2.75) is 6.92 Å². The minimum Gasteiger partial charge on any atom is -0.493 e. The van der Waals surface area contributed by atoms with Crippen molar-refractivity contribution < 1.29 is 9.84 Å². The molecule has 0 amide bonds. The van der Waals surface area contributed by atoms with E-state index in [0.29, 0.717) is 14.5 Å². The Kier molecular flexibility index (Phi) is 4.29. The molecule has 0 spiro atoms. The molecule has 1 aliphatic heterocycles. The van der Waals surface area contributed by atoms with Crippen LogP contribution in [-0.4, -0.2) is 21.3 Å². The van der Waals surface area contributed by atoms with Crippen LogP contribution in [0.1, 0.15) is 10.4 Å². The van der Waals surface area contributed by atoms with E-state index >= 15 is 0 Å². The van der Waals surface area contributed by atoms with E-state index in [-0.39, 0.29) is 23.4 Å². The molecule has 1 N–H and O–H groups in total. The Labute approximate surface area is 147 Å². The van der Waals surface area contributed by atoms with Crippen molar-refractivity contribution >= 4 is 46.9 Å². The lowest BCUT2D eigenvalue weighted by Gasteiger charge is -1.99. The topological polar surface area (TPSA) is 82.9 Å². The highest BCUT2D eigenvalue weighted by atomic mass is 32.1. The second-order valence-electron chi connectivity index (χ2n) is 5.02. The van der Waals surface area contributed by atoms with Crippen LogP contribution in [0.3, 0.4) is 0 Å². The SMILES string of the molecule is Cc1ccc(N=C2OC(=Cc3sc(=S)n(C)c3O)N=C2C#N)cc1. The van der Waals surface area contributed by atoms with Crippen LogP contribution in [0.2, 0.25) is 0 Å². The Morgan fingerprint density at radius 2 is 2.12 bits per heavy atom. The summed E-state index contributed by atoms with van der Waals surface area (Å²) in [6.45, 7) is 1.98. The summed E-state index contributed by atoms with van der Waals surface area (Å²) < 4.78 is 7.55. The van der Waals surface area contributed by atoms with Crippen molar-refractivity contribution in [2.75, 3.05) is 0 Å². The van der Waals surface area contributed by atoms with Crippen molar-refractivity contribution in [3.05, 3.63) is 44.5 Å². The van der Waals surface area contributed by atoms with Gasteiger partial charge in [0, 0.05) is 13.1 Å². The second-order valence-corrected chi connectivity index (χ2v) is 6.70. The van der Waals surface area contributed by atoms with Crippen LogP contribution in [0.5, 0.6) is 5.88 Å². The Morgan fingerprint density at radius 1 is 1.42 bits per heavy atom. The summed E-state index contributed by atoms with van der Waals surface area (Å²) in [7, 11) is 1.67. The Morgan fingerprint density at radius 3 is 2.71 bits per heavy atom. The summed E-state index contributed by atoms with van der Waals surface area (Å²) in [5, 5.41) is 19.2. The zero-order valence-corrected chi connectivity index (χ0v) is 14.5. The van der Waals surface area contributed by atoms with Gasteiger partial charge < -0.3 is 9.84 Å². The van der Waals surface area contributed by atoms with Crippen LogP contribution < -0.4 is 0 Å². The molecule has 0 fully saturated rings. The molecule has 1 aromatic carbocycles.